The van der Waals surface area contributed by atoms with Gasteiger partial charge in [0.05, 0.1) is 10.2 Å². The highest BCUT2D eigenvalue weighted by Crippen LogP contribution is 2.31. The lowest BCUT2D eigenvalue weighted by Crippen LogP contribution is -2.33. The largest absolute Gasteiger partial charge is 0.309 e. The number of ketones is 1. The number of nitrogens with zero attached hydrogens (tertiary/aromatic N) is 3. The normalized spacial score (nSPS) is 11.2. The quantitative estimate of drug-likeness (QED) is 0.530. The van der Waals surface area contributed by atoms with E-state index in [4.69, 9.17) is 4.98 Å². The topological polar surface area (TPSA) is 53.5 Å². The van der Waals surface area contributed by atoms with Crippen LogP contribution >= 0.6 is 11.3 Å². The van der Waals surface area contributed by atoms with Gasteiger partial charge >= 0.3 is 0 Å². The maximum Gasteiger partial charge on any atom is 0.260 e. The van der Waals surface area contributed by atoms with Crippen LogP contribution in [0.15, 0.2) is 36.4 Å². The van der Waals surface area contributed by atoms with E-state index in [2.05, 4.69) is 30.9 Å². The van der Waals surface area contributed by atoms with Crippen molar-refractivity contribution < 1.29 is 9.59 Å². The van der Waals surface area contributed by atoms with E-state index in [0.29, 0.717) is 22.8 Å². The maximum atomic E-state index is 13.3. The molecule has 3 aromatic rings. The van der Waals surface area contributed by atoms with Crippen molar-refractivity contribution in [2.45, 2.75) is 27.2 Å². The van der Waals surface area contributed by atoms with Crippen LogP contribution in [0.1, 0.15) is 45.2 Å². The van der Waals surface area contributed by atoms with E-state index in [1.165, 1.54) is 18.1 Å². The van der Waals surface area contributed by atoms with Gasteiger partial charge in [-0.1, -0.05) is 23.5 Å². The molecule has 0 aliphatic heterocycles. The number of Topliss-reactive ketones (excluding diaryl/α,β-unsaturated/α-hetero) is 1. The van der Waals surface area contributed by atoms with Crippen molar-refractivity contribution in [2.24, 2.45) is 0 Å². The molecular weight excluding hydrogens is 382 g/mol. The Labute approximate surface area is 176 Å². The van der Waals surface area contributed by atoms with E-state index in [1.54, 1.807) is 40.5 Å². The molecule has 152 valence electrons. The van der Waals surface area contributed by atoms with Crippen molar-refractivity contribution in [3.63, 3.8) is 0 Å². The lowest BCUT2D eigenvalue weighted by molar-refractivity contribution is 0.0981. The minimum absolute atomic E-state index is 0.0104. The Morgan fingerprint density at radius 2 is 1.59 bits per heavy atom. The minimum Gasteiger partial charge on any atom is -0.309 e. The molecule has 0 unspecified atom stereocenters. The fourth-order valence-corrected chi connectivity index (χ4v) is 4.19. The van der Waals surface area contributed by atoms with Gasteiger partial charge in [0, 0.05) is 17.7 Å². The van der Waals surface area contributed by atoms with E-state index >= 15 is 0 Å². The number of hydrogen-bond donors (Lipinski definition) is 0. The smallest absolute Gasteiger partial charge is 0.260 e. The molecule has 1 amide bonds. The Kier molecular flexibility index (Phi) is 6.45. The third-order valence-corrected chi connectivity index (χ3v) is 6.04. The van der Waals surface area contributed by atoms with Gasteiger partial charge in [-0.15, -0.1) is 0 Å². The summed E-state index contributed by atoms with van der Waals surface area (Å²) >= 11 is 1.54. The van der Waals surface area contributed by atoms with Crippen LogP contribution in [0, 0.1) is 13.8 Å². The zero-order chi connectivity index (χ0) is 21.1. The summed E-state index contributed by atoms with van der Waals surface area (Å²) in [5.41, 5.74) is 4.50. The van der Waals surface area contributed by atoms with E-state index in [1.807, 2.05) is 14.1 Å². The molecule has 0 saturated carbocycles. The van der Waals surface area contributed by atoms with Crippen molar-refractivity contribution in [1.29, 1.82) is 0 Å². The number of amides is 1. The number of benzene rings is 2. The Morgan fingerprint density at radius 3 is 2.21 bits per heavy atom. The Morgan fingerprint density at radius 1 is 0.966 bits per heavy atom. The van der Waals surface area contributed by atoms with Gasteiger partial charge in [0.2, 0.25) is 0 Å². The van der Waals surface area contributed by atoms with Crippen molar-refractivity contribution in [3.8, 4) is 0 Å². The first-order valence-electron chi connectivity index (χ1n) is 9.71. The monoisotopic (exact) mass is 409 g/mol. The molecule has 29 heavy (non-hydrogen) atoms. The molecule has 0 atom stereocenters. The molecule has 0 bridgehead atoms. The summed E-state index contributed by atoms with van der Waals surface area (Å²) in [4.78, 5) is 33.5. The first-order valence-corrected chi connectivity index (χ1v) is 10.5. The van der Waals surface area contributed by atoms with Crippen LogP contribution < -0.4 is 4.90 Å². The molecule has 3 rings (SSSR count). The van der Waals surface area contributed by atoms with Crippen LogP contribution in [0.4, 0.5) is 5.13 Å². The summed E-state index contributed by atoms with van der Waals surface area (Å²) < 4.78 is 1.08. The molecule has 5 nitrogen and oxygen atoms in total. The van der Waals surface area contributed by atoms with E-state index in [0.717, 1.165) is 23.2 Å². The molecule has 0 fully saturated rings. The number of fused-ring (bicyclic) bond motifs is 1. The van der Waals surface area contributed by atoms with Crippen molar-refractivity contribution >= 4 is 38.4 Å². The lowest BCUT2D eigenvalue weighted by Gasteiger charge is -2.21. The second kappa shape index (κ2) is 8.84. The molecular formula is C23H27N3O2S. The minimum atomic E-state index is -0.0913. The number of carbonyl (C=O) groups excluding carboxylic acids is 2. The SMILES string of the molecule is CC(=O)c1ccc(C(=O)N(CCCN(C)C)c2nc3cc(C)c(C)cc3s2)cc1. The summed E-state index contributed by atoms with van der Waals surface area (Å²) in [6.07, 6.45) is 0.845. The maximum absolute atomic E-state index is 13.3. The number of carbonyl (C=O) groups is 2. The molecule has 0 aliphatic carbocycles. The summed E-state index contributed by atoms with van der Waals surface area (Å²) in [7, 11) is 4.05. The van der Waals surface area contributed by atoms with Crippen LogP contribution in [-0.4, -0.2) is 48.8 Å². The van der Waals surface area contributed by atoms with Crippen LogP contribution in [0.5, 0.6) is 0 Å². The van der Waals surface area contributed by atoms with Gasteiger partial charge in [0.25, 0.3) is 5.91 Å². The summed E-state index contributed by atoms with van der Waals surface area (Å²) in [5.74, 6) is -0.102. The first-order chi connectivity index (χ1) is 13.8. The zero-order valence-corrected chi connectivity index (χ0v) is 18.5. The number of aromatic nitrogens is 1. The molecule has 0 radical (unpaired) electrons. The van der Waals surface area contributed by atoms with Crippen LogP contribution in [0.3, 0.4) is 0 Å². The van der Waals surface area contributed by atoms with Crippen molar-refractivity contribution in [2.75, 3.05) is 32.1 Å². The molecule has 2 aromatic carbocycles. The van der Waals surface area contributed by atoms with Gasteiger partial charge in [-0.2, -0.15) is 0 Å². The van der Waals surface area contributed by atoms with Crippen molar-refractivity contribution in [3.05, 3.63) is 58.7 Å². The number of thiazole rings is 1. The predicted octanol–water partition coefficient (Wildman–Crippen LogP) is 4.71. The standard InChI is InChI=1S/C23H27N3O2S/c1-15-13-20-21(14-16(15)2)29-23(24-20)26(12-6-11-25(4)5)22(28)19-9-7-18(8-10-19)17(3)27/h7-10,13-14H,6,11-12H2,1-5H3. The van der Waals surface area contributed by atoms with Gasteiger partial charge in [-0.3, -0.25) is 14.5 Å². The van der Waals surface area contributed by atoms with Crippen LogP contribution in [0.2, 0.25) is 0 Å². The molecule has 0 aliphatic rings. The van der Waals surface area contributed by atoms with Crippen LogP contribution in [0.25, 0.3) is 10.2 Å². The van der Waals surface area contributed by atoms with Gasteiger partial charge in [-0.25, -0.2) is 4.98 Å². The van der Waals surface area contributed by atoms with Crippen LogP contribution in [-0.2, 0) is 0 Å². The summed E-state index contributed by atoms with van der Waals surface area (Å²) in [6, 6.07) is 11.1. The summed E-state index contributed by atoms with van der Waals surface area (Å²) in [5, 5.41) is 0.712. The molecule has 0 spiro atoms. The highest BCUT2D eigenvalue weighted by Gasteiger charge is 2.21. The average Bonchev–Trinajstić information content (AvgIpc) is 3.07. The Hall–Kier alpha value is -2.57. The first kappa shape index (κ1) is 21.1. The van der Waals surface area contributed by atoms with Gasteiger partial charge < -0.3 is 4.90 Å². The molecule has 0 N–H and O–H groups in total. The van der Waals surface area contributed by atoms with E-state index < -0.39 is 0 Å². The van der Waals surface area contributed by atoms with E-state index in [-0.39, 0.29) is 11.7 Å². The zero-order valence-electron chi connectivity index (χ0n) is 17.7. The molecule has 1 aromatic heterocycles. The number of rotatable bonds is 7. The predicted molar refractivity (Wildman–Crippen MR) is 120 cm³/mol. The highest BCUT2D eigenvalue weighted by molar-refractivity contribution is 7.22. The van der Waals surface area contributed by atoms with E-state index in [9.17, 15) is 9.59 Å². The third-order valence-electron chi connectivity index (χ3n) is 4.99. The molecule has 6 heteroatoms. The Balaban J connectivity index is 1.95. The third kappa shape index (κ3) is 4.89. The average molecular weight is 410 g/mol. The fraction of sp³-hybridized carbons (Fsp3) is 0.348. The number of aryl methyl sites for hydroxylation is 2. The van der Waals surface area contributed by atoms with Gasteiger partial charge in [0.1, 0.15) is 0 Å². The second-order valence-corrected chi connectivity index (χ2v) is 8.66. The van der Waals surface area contributed by atoms with Gasteiger partial charge in [-0.05, 0) is 83.2 Å². The molecule has 0 saturated heterocycles. The number of hydrogen-bond acceptors (Lipinski definition) is 5. The second-order valence-electron chi connectivity index (χ2n) is 7.65. The fourth-order valence-electron chi connectivity index (χ4n) is 3.12. The van der Waals surface area contributed by atoms with Gasteiger partial charge in [0.15, 0.2) is 10.9 Å². The highest BCUT2D eigenvalue weighted by atomic mass is 32.1. The lowest BCUT2D eigenvalue weighted by atomic mass is 10.1. The Bertz CT molecular complexity index is 999. The summed E-state index contributed by atoms with van der Waals surface area (Å²) in [6.45, 7) is 7.16. The van der Waals surface area contributed by atoms with Crippen molar-refractivity contribution in [1.82, 2.24) is 9.88 Å². The molecule has 1 heterocycles. The number of anilines is 1.